The van der Waals surface area contributed by atoms with Crippen LogP contribution in [-0.2, 0) is 35.2 Å². The quantitative estimate of drug-likeness (QED) is 0.0379. The Balaban J connectivity index is 1.86. The van der Waals surface area contributed by atoms with Crippen molar-refractivity contribution in [2.45, 2.75) is 122 Å². The molecule has 0 heterocycles. The zero-order chi connectivity index (χ0) is 38.1. The molecule has 1 fully saturated rings. The Kier molecular flexibility index (Phi) is 21.5. The largest absolute Gasteiger partial charge is 0.458 e. The minimum absolute atomic E-state index is 0.0205. The van der Waals surface area contributed by atoms with Gasteiger partial charge in [-0.2, -0.15) is 0 Å². The first-order chi connectivity index (χ1) is 25.0. The summed E-state index contributed by atoms with van der Waals surface area (Å²) >= 11 is 0. The number of imide groups is 1. The number of nitrogens with zero attached hydrogens (tertiary/aromatic N) is 3. The summed E-state index contributed by atoms with van der Waals surface area (Å²) in [6, 6.07) is 9.80. The number of allylic oxidation sites excluding steroid dienone is 2. The first-order valence-electron chi connectivity index (χ1n) is 18.3. The maximum atomic E-state index is 12.7. The van der Waals surface area contributed by atoms with Crippen LogP contribution < -0.4 is 0 Å². The van der Waals surface area contributed by atoms with Crippen LogP contribution in [0.15, 0.2) is 54.6 Å². The van der Waals surface area contributed by atoms with Crippen LogP contribution in [0.5, 0.6) is 0 Å². The van der Waals surface area contributed by atoms with E-state index in [1.807, 2.05) is 48.6 Å². The Morgan fingerprint density at radius 2 is 1.48 bits per heavy atom. The van der Waals surface area contributed by atoms with Crippen LogP contribution in [0.1, 0.15) is 102 Å². The molecule has 0 bridgehead atoms. The summed E-state index contributed by atoms with van der Waals surface area (Å²) in [5.74, 6) is -1.50. The molecule has 0 spiro atoms. The molecular weight excluding hydrogens is 678 g/mol. The van der Waals surface area contributed by atoms with E-state index < -0.39 is 28.5 Å². The van der Waals surface area contributed by atoms with Crippen molar-refractivity contribution in [3.05, 3.63) is 80.4 Å². The fraction of sp³-hybridized carbons (Fsp3) is 0.649. The minimum Gasteiger partial charge on any atom is -0.458 e. The second-order valence-electron chi connectivity index (χ2n) is 12.9. The van der Waals surface area contributed by atoms with Crippen molar-refractivity contribution in [2.24, 2.45) is 11.8 Å². The molecule has 1 aromatic carbocycles. The lowest BCUT2D eigenvalue weighted by Gasteiger charge is -2.21. The average Bonchev–Trinajstić information content (AvgIpc) is 3.38. The molecular formula is C37H55N3O12. The lowest BCUT2D eigenvalue weighted by Crippen LogP contribution is -2.36. The summed E-state index contributed by atoms with van der Waals surface area (Å²) in [5, 5.41) is 40.3. The molecule has 5 atom stereocenters. The first-order valence-corrected chi connectivity index (χ1v) is 18.3. The predicted octanol–water partition coefficient (Wildman–Crippen LogP) is 5.47. The molecule has 52 heavy (non-hydrogen) atoms. The molecule has 2 N–H and O–H groups in total. The van der Waals surface area contributed by atoms with Crippen LogP contribution in [0.25, 0.3) is 0 Å². The maximum Gasteiger partial charge on any atom is 0.306 e. The van der Waals surface area contributed by atoms with Gasteiger partial charge >= 0.3 is 5.97 Å². The summed E-state index contributed by atoms with van der Waals surface area (Å²) in [5.41, 5.74) is 1.09. The standard InChI is InChI=1S/C37H55N3O12/c1-2-38(36(44)20-12-6-14-26-50-39(46)47)35(43)19-11-4-3-10-18-31-32(34(42)28-33(31)41)25-24-30(23-22-29-16-8-5-9-17-29)52-37(45)21-13-7-15-27-51-40(48)49/h3,5,8-10,16-17,24-25,30-34,41-42H,2,4,6-7,11-15,18-23,26-28H2,1H3/t30-,31+,32+,33-,34+/m0/s1. The normalized spacial score (nSPS) is 19.1. The smallest absolute Gasteiger partial charge is 0.306 e. The number of aliphatic hydroxyl groups excluding tert-OH is 2. The van der Waals surface area contributed by atoms with Crippen molar-refractivity contribution < 1.29 is 49.2 Å². The third kappa shape index (κ3) is 18.2. The van der Waals surface area contributed by atoms with E-state index in [0.29, 0.717) is 70.6 Å². The lowest BCUT2D eigenvalue weighted by atomic mass is 9.89. The maximum absolute atomic E-state index is 12.7. The number of ether oxygens (including phenoxy) is 1. The summed E-state index contributed by atoms with van der Waals surface area (Å²) in [6.45, 7) is 1.97. The summed E-state index contributed by atoms with van der Waals surface area (Å²) in [4.78, 5) is 68.2. The van der Waals surface area contributed by atoms with Gasteiger partial charge in [0.1, 0.15) is 6.10 Å². The highest BCUT2D eigenvalue weighted by molar-refractivity contribution is 5.95. The molecule has 0 aliphatic heterocycles. The Morgan fingerprint density at radius 3 is 2.10 bits per heavy atom. The molecule has 1 aliphatic carbocycles. The third-order valence-corrected chi connectivity index (χ3v) is 9.02. The number of hydrogen-bond donors (Lipinski definition) is 2. The van der Waals surface area contributed by atoms with E-state index in [-0.39, 0.29) is 75.1 Å². The molecule has 0 unspecified atom stereocenters. The molecule has 290 valence electrons. The van der Waals surface area contributed by atoms with Crippen LogP contribution in [0.3, 0.4) is 0 Å². The van der Waals surface area contributed by atoms with Gasteiger partial charge in [0, 0.05) is 38.1 Å². The van der Waals surface area contributed by atoms with Gasteiger partial charge in [0.25, 0.3) is 10.2 Å². The van der Waals surface area contributed by atoms with E-state index in [1.165, 1.54) is 4.90 Å². The van der Waals surface area contributed by atoms with Crippen molar-refractivity contribution >= 4 is 17.8 Å². The molecule has 0 saturated heterocycles. The number of benzene rings is 1. The van der Waals surface area contributed by atoms with Crippen molar-refractivity contribution in [3.8, 4) is 0 Å². The molecule has 1 aromatic rings. The van der Waals surface area contributed by atoms with E-state index in [2.05, 4.69) is 9.68 Å². The zero-order valence-electron chi connectivity index (χ0n) is 30.1. The van der Waals surface area contributed by atoms with Gasteiger partial charge in [-0.25, -0.2) is 0 Å². The summed E-state index contributed by atoms with van der Waals surface area (Å²) < 4.78 is 5.80. The number of amides is 2. The fourth-order valence-corrected chi connectivity index (χ4v) is 6.22. The minimum atomic E-state index is -0.848. The van der Waals surface area contributed by atoms with E-state index in [9.17, 15) is 44.8 Å². The summed E-state index contributed by atoms with van der Waals surface area (Å²) in [6.07, 6.45) is 12.2. The van der Waals surface area contributed by atoms with Crippen molar-refractivity contribution in [3.63, 3.8) is 0 Å². The third-order valence-electron chi connectivity index (χ3n) is 9.02. The second kappa shape index (κ2) is 25.6. The van der Waals surface area contributed by atoms with Crippen LogP contribution in [0, 0.1) is 32.1 Å². The van der Waals surface area contributed by atoms with Gasteiger partial charge in [-0.05, 0) is 82.3 Å². The number of carbonyl (C=O) groups is 3. The number of esters is 1. The van der Waals surface area contributed by atoms with Gasteiger partial charge in [-0.3, -0.25) is 19.3 Å². The Morgan fingerprint density at radius 1 is 0.865 bits per heavy atom. The summed E-state index contributed by atoms with van der Waals surface area (Å²) in [7, 11) is 0. The van der Waals surface area contributed by atoms with E-state index in [0.717, 1.165) is 5.56 Å². The Hall–Kier alpha value is -4.37. The van der Waals surface area contributed by atoms with Gasteiger partial charge < -0.3 is 24.6 Å². The molecule has 1 aliphatic rings. The number of aliphatic hydroxyl groups is 2. The van der Waals surface area contributed by atoms with Crippen LogP contribution in [-0.4, -0.2) is 81.1 Å². The number of unbranched alkanes of at least 4 members (excludes halogenated alkanes) is 5. The SMILES string of the molecule is CCN(C(=O)CCCC=CC[C@@H]1[C@@H](C=C[C@H](CCc2ccccc2)OC(=O)CCCCCO[N+](=O)[O-])[C@H](O)C[C@@H]1O)C(=O)CCCCCO[N+](=O)[O-]. The lowest BCUT2D eigenvalue weighted by molar-refractivity contribution is -0.757. The van der Waals surface area contributed by atoms with Gasteiger partial charge in [-0.15, -0.1) is 20.2 Å². The molecule has 2 rings (SSSR count). The van der Waals surface area contributed by atoms with Crippen LogP contribution >= 0.6 is 0 Å². The topological polar surface area (TPSA) is 209 Å². The number of carbonyl (C=O) groups excluding carboxylic acids is 3. The highest BCUT2D eigenvalue weighted by atomic mass is 17.0. The molecule has 0 aromatic heterocycles. The molecule has 0 radical (unpaired) electrons. The molecule has 15 heteroatoms. The molecule has 2 amide bonds. The number of aryl methyl sites for hydroxylation is 1. The van der Waals surface area contributed by atoms with Crippen molar-refractivity contribution in [1.29, 1.82) is 0 Å². The highest BCUT2D eigenvalue weighted by Crippen LogP contribution is 2.36. The average molecular weight is 734 g/mol. The zero-order valence-corrected chi connectivity index (χ0v) is 30.1. The Labute approximate surface area is 305 Å². The predicted molar refractivity (Wildman–Crippen MR) is 190 cm³/mol. The molecule has 1 saturated carbocycles. The number of hydrogen-bond acceptors (Lipinski definition) is 12. The second-order valence-corrected chi connectivity index (χ2v) is 12.9. The fourth-order valence-electron chi connectivity index (χ4n) is 6.22. The van der Waals surface area contributed by atoms with E-state index >= 15 is 0 Å². The Bertz CT molecular complexity index is 1290. The van der Waals surface area contributed by atoms with Crippen LogP contribution in [0.2, 0.25) is 0 Å². The van der Waals surface area contributed by atoms with Gasteiger partial charge in [0.2, 0.25) is 11.8 Å². The van der Waals surface area contributed by atoms with Crippen LogP contribution in [0.4, 0.5) is 0 Å². The first kappa shape index (κ1) is 43.8. The van der Waals surface area contributed by atoms with Gasteiger partial charge in [-0.1, -0.05) is 61.4 Å². The number of rotatable bonds is 27. The monoisotopic (exact) mass is 733 g/mol. The van der Waals surface area contributed by atoms with Crippen molar-refractivity contribution in [1.82, 2.24) is 4.90 Å². The highest BCUT2D eigenvalue weighted by Gasteiger charge is 2.39. The van der Waals surface area contributed by atoms with Gasteiger partial charge in [0.05, 0.1) is 25.4 Å². The van der Waals surface area contributed by atoms with E-state index in [1.54, 1.807) is 13.0 Å². The van der Waals surface area contributed by atoms with Crippen molar-refractivity contribution in [2.75, 3.05) is 19.8 Å². The van der Waals surface area contributed by atoms with E-state index in [4.69, 9.17) is 4.74 Å². The van der Waals surface area contributed by atoms with Gasteiger partial charge in [0.15, 0.2) is 0 Å². The molecule has 15 nitrogen and oxygen atoms in total.